The van der Waals surface area contributed by atoms with Gasteiger partial charge < -0.3 is 15.5 Å². The van der Waals surface area contributed by atoms with Crippen LogP contribution < -0.4 is 10.6 Å². The van der Waals surface area contributed by atoms with Crippen molar-refractivity contribution in [3.05, 3.63) is 29.8 Å². The summed E-state index contributed by atoms with van der Waals surface area (Å²) in [5, 5.41) is 16.8. The number of carbonyl (C=O) groups excluding carboxylic acids is 2. The van der Waals surface area contributed by atoms with Gasteiger partial charge in [-0.1, -0.05) is 19.3 Å². The van der Waals surface area contributed by atoms with Crippen molar-refractivity contribution in [1.29, 1.82) is 0 Å². The van der Waals surface area contributed by atoms with Gasteiger partial charge in [0.15, 0.2) is 5.82 Å². The summed E-state index contributed by atoms with van der Waals surface area (Å²) in [5.41, 5.74) is 0.601. The van der Waals surface area contributed by atoms with Crippen molar-refractivity contribution >= 4 is 17.6 Å². The number of anilines is 1. The van der Waals surface area contributed by atoms with Crippen LogP contribution in [0.5, 0.6) is 0 Å². The average Bonchev–Trinajstić information content (AvgIpc) is 3.21. The molecule has 0 spiro atoms. The van der Waals surface area contributed by atoms with E-state index in [-0.39, 0.29) is 29.6 Å². The molecule has 2 heterocycles. The number of aryl methyl sites for hydroxylation is 1. The molecule has 2 aromatic rings. The SMILES string of the molecule is Cc1nnnn1-c1cc(NC(=O)NC2CCN(C(=O)C3CCCCC3)CC2)ccc1F. The van der Waals surface area contributed by atoms with Crippen molar-refractivity contribution in [2.45, 2.75) is 57.9 Å². The summed E-state index contributed by atoms with van der Waals surface area (Å²) in [7, 11) is 0. The number of nitrogens with one attached hydrogen (secondary N) is 2. The summed E-state index contributed by atoms with van der Waals surface area (Å²) in [4.78, 5) is 27.1. The Balaban J connectivity index is 1.29. The number of piperidine rings is 1. The summed E-state index contributed by atoms with van der Waals surface area (Å²) in [6.07, 6.45) is 6.98. The Morgan fingerprint density at radius 3 is 2.52 bits per heavy atom. The van der Waals surface area contributed by atoms with Gasteiger partial charge in [-0.2, -0.15) is 4.68 Å². The molecule has 0 atom stereocenters. The zero-order valence-corrected chi connectivity index (χ0v) is 17.7. The maximum atomic E-state index is 14.2. The number of amides is 3. The van der Waals surface area contributed by atoms with Crippen molar-refractivity contribution in [3.8, 4) is 5.69 Å². The molecule has 0 bridgehead atoms. The zero-order valence-electron chi connectivity index (χ0n) is 17.7. The van der Waals surface area contributed by atoms with Gasteiger partial charge in [-0.3, -0.25) is 4.79 Å². The molecule has 2 N–H and O–H groups in total. The molecule has 3 amide bonds. The molecule has 1 aromatic carbocycles. The van der Waals surface area contributed by atoms with Gasteiger partial charge in [0.1, 0.15) is 11.5 Å². The van der Waals surface area contributed by atoms with Gasteiger partial charge in [0.25, 0.3) is 0 Å². The van der Waals surface area contributed by atoms with E-state index in [0.29, 0.717) is 24.6 Å². The van der Waals surface area contributed by atoms with Crippen LogP contribution in [0.2, 0.25) is 0 Å². The molecule has 0 radical (unpaired) electrons. The molecule has 1 saturated carbocycles. The van der Waals surface area contributed by atoms with Gasteiger partial charge in [-0.05, 0) is 61.2 Å². The van der Waals surface area contributed by atoms with E-state index in [0.717, 1.165) is 38.5 Å². The van der Waals surface area contributed by atoms with E-state index < -0.39 is 5.82 Å². The van der Waals surface area contributed by atoms with E-state index in [1.165, 1.54) is 29.3 Å². The van der Waals surface area contributed by atoms with Crippen molar-refractivity contribution in [2.24, 2.45) is 5.92 Å². The van der Waals surface area contributed by atoms with Crippen molar-refractivity contribution in [2.75, 3.05) is 18.4 Å². The minimum absolute atomic E-state index is 0.00270. The molecule has 31 heavy (non-hydrogen) atoms. The summed E-state index contributed by atoms with van der Waals surface area (Å²) < 4.78 is 15.5. The predicted molar refractivity (Wildman–Crippen MR) is 112 cm³/mol. The maximum absolute atomic E-state index is 14.2. The Bertz CT molecular complexity index is 934. The molecule has 10 heteroatoms. The number of halogens is 1. The summed E-state index contributed by atoms with van der Waals surface area (Å²) >= 11 is 0. The number of aromatic nitrogens is 4. The third-order valence-electron chi connectivity index (χ3n) is 6.15. The standard InChI is InChI=1S/C21H28FN7O2/c1-14-25-26-27-29(14)19-13-17(7-8-18(19)22)24-21(31)23-16-9-11-28(12-10-16)20(30)15-5-3-2-4-6-15/h7-8,13,15-16H,2-6,9-12H2,1H3,(H2,23,24,31). The Morgan fingerprint density at radius 1 is 1.10 bits per heavy atom. The molecule has 1 aliphatic carbocycles. The molecule has 0 unspecified atom stereocenters. The number of nitrogens with zero attached hydrogens (tertiary/aromatic N) is 5. The normalized spacial score (nSPS) is 18.1. The largest absolute Gasteiger partial charge is 0.342 e. The van der Waals surface area contributed by atoms with Crippen LogP contribution in [0.3, 0.4) is 0 Å². The van der Waals surface area contributed by atoms with Gasteiger partial charge in [0.2, 0.25) is 5.91 Å². The molecule has 166 valence electrons. The monoisotopic (exact) mass is 429 g/mol. The van der Waals surface area contributed by atoms with Crippen LogP contribution in [0.15, 0.2) is 18.2 Å². The average molecular weight is 430 g/mol. The molecule has 1 aromatic heterocycles. The van der Waals surface area contributed by atoms with Crippen LogP contribution in [0.1, 0.15) is 50.8 Å². The van der Waals surface area contributed by atoms with Crippen LogP contribution in [0.25, 0.3) is 5.69 Å². The van der Waals surface area contributed by atoms with Crippen molar-refractivity contribution in [1.82, 2.24) is 30.4 Å². The second-order valence-corrected chi connectivity index (χ2v) is 8.34. The lowest BCUT2D eigenvalue weighted by molar-refractivity contribution is -0.137. The number of hydrogen-bond acceptors (Lipinski definition) is 5. The minimum atomic E-state index is -0.489. The lowest BCUT2D eigenvalue weighted by atomic mass is 9.87. The Morgan fingerprint density at radius 2 is 1.84 bits per heavy atom. The van der Waals surface area contributed by atoms with Gasteiger partial charge in [-0.15, -0.1) is 5.10 Å². The first-order valence-electron chi connectivity index (χ1n) is 10.9. The third kappa shape index (κ3) is 5.00. The number of benzene rings is 1. The first-order chi connectivity index (χ1) is 15.0. The lowest BCUT2D eigenvalue weighted by Gasteiger charge is -2.35. The number of tetrazole rings is 1. The van der Waals surface area contributed by atoms with Crippen LogP contribution in [0, 0.1) is 18.7 Å². The van der Waals surface area contributed by atoms with E-state index in [4.69, 9.17) is 0 Å². The Kier molecular flexibility index (Phi) is 6.43. The van der Waals surface area contributed by atoms with Crippen LogP contribution in [-0.4, -0.2) is 56.2 Å². The maximum Gasteiger partial charge on any atom is 0.319 e. The minimum Gasteiger partial charge on any atom is -0.342 e. The first kappa shape index (κ1) is 21.2. The molecule has 1 aliphatic heterocycles. The number of carbonyl (C=O) groups is 2. The predicted octanol–water partition coefficient (Wildman–Crippen LogP) is 2.80. The quantitative estimate of drug-likeness (QED) is 0.778. The van der Waals surface area contributed by atoms with E-state index in [2.05, 4.69) is 26.2 Å². The van der Waals surface area contributed by atoms with Crippen LogP contribution in [0.4, 0.5) is 14.9 Å². The van der Waals surface area contributed by atoms with Crippen molar-refractivity contribution in [3.63, 3.8) is 0 Å². The third-order valence-corrected chi connectivity index (χ3v) is 6.15. The highest BCUT2D eigenvalue weighted by Gasteiger charge is 2.29. The fraction of sp³-hybridized carbons (Fsp3) is 0.571. The van der Waals surface area contributed by atoms with Crippen molar-refractivity contribution < 1.29 is 14.0 Å². The molecule has 4 rings (SSSR count). The summed E-state index contributed by atoms with van der Waals surface area (Å²) in [6.45, 7) is 3.00. The fourth-order valence-corrected chi connectivity index (χ4v) is 4.41. The van der Waals surface area contributed by atoms with Gasteiger partial charge in [0.05, 0.1) is 0 Å². The molecule has 2 aliphatic rings. The van der Waals surface area contributed by atoms with Gasteiger partial charge >= 0.3 is 6.03 Å². The van der Waals surface area contributed by atoms with E-state index in [1.54, 1.807) is 6.92 Å². The first-order valence-corrected chi connectivity index (χ1v) is 10.9. The smallest absolute Gasteiger partial charge is 0.319 e. The molecular weight excluding hydrogens is 401 g/mol. The highest BCUT2D eigenvalue weighted by molar-refractivity contribution is 5.89. The Labute approximate surface area is 180 Å². The Hall–Kier alpha value is -3.04. The lowest BCUT2D eigenvalue weighted by Crippen LogP contribution is -2.49. The topological polar surface area (TPSA) is 105 Å². The number of rotatable bonds is 4. The second kappa shape index (κ2) is 9.40. The fourth-order valence-electron chi connectivity index (χ4n) is 4.41. The zero-order chi connectivity index (χ0) is 21.8. The highest BCUT2D eigenvalue weighted by Crippen LogP contribution is 2.26. The number of urea groups is 1. The highest BCUT2D eigenvalue weighted by atomic mass is 19.1. The molecular formula is C21H28FN7O2. The molecule has 9 nitrogen and oxygen atoms in total. The van der Waals surface area contributed by atoms with Gasteiger partial charge in [0, 0.05) is 30.7 Å². The van der Waals surface area contributed by atoms with E-state index >= 15 is 0 Å². The summed E-state index contributed by atoms with van der Waals surface area (Å²) in [6, 6.07) is 3.88. The molecule has 1 saturated heterocycles. The van der Waals surface area contributed by atoms with Crippen LogP contribution in [-0.2, 0) is 4.79 Å². The molecule has 2 fully saturated rings. The summed E-state index contributed by atoms with van der Waals surface area (Å²) in [5.74, 6) is 0.406. The second-order valence-electron chi connectivity index (χ2n) is 8.34. The van der Waals surface area contributed by atoms with Crippen LogP contribution >= 0.6 is 0 Å². The van der Waals surface area contributed by atoms with E-state index in [1.807, 2.05) is 4.90 Å². The van der Waals surface area contributed by atoms with Gasteiger partial charge in [-0.25, -0.2) is 9.18 Å². The number of hydrogen-bond donors (Lipinski definition) is 2. The number of likely N-dealkylation sites (tertiary alicyclic amines) is 1. The van der Waals surface area contributed by atoms with E-state index in [9.17, 15) is 14.0 Å².